The maximum Gasteiger partial charge on any atom is 0.417 e. The molecule has 2 heterocycles. The third-order valence-electron chi connectivity index (χ3n) is 2.97. The Morgan fingerprint density at radius 3 is 2.52 bits per heavy atom. The third kappa shape index (κ3) is 2.40. The van der Waals surface area contributed by atoms with Gasteiger partial charge in [-0.3, -0.25) is 0 Å². The molecule has 0 saturated heterocycles. The first-order valence-corrected chi connectivity index (χ1v) is 6.82. The molecule has 3 rings (SSSR count). The third-order valence-corrected chi connectivity index (χ3v) is 3.86. The van der Waals surface area contributed by atoms with Crippen LogP contribution in [-0.4, -0.2) is 5.16 Å². The zero-order chi connectivity index (χ0) is 15.0. The average molecular weight is 310 g/mol. The minimum absolute atomic E-state index is 0.00410. The van der Waals surface area contributed by atoms with Crippen LogP contribution in [0.2, 0.25) is 0 Å². The average Bonchev–Trinajstić information content (AvgIpc) is 3.06. The van der Waals surface area contributed by atoms with E-state index in [1.54, 1.807) is 17.5 Å². The van der Waals surface area contributed by atoms with Gasteiger partial charge in [0.25, 0.3) is 0 Å². The number of alkyl halides is 3. The Hall–Kier alpha value is -2.28. The van der Waals surface area contributed by atoms with Gasteiger partial charge in [-0.15, -0.1) is 11.3 Å². The van der Waals surface area contributed by atoms with Crippen LogP contribution in [0.4, 0.5) is 19.1 Å². The lowest BCUT2D eigenvalue weighted by atomic mass is 10.0. The smallest absolute Gasteiger partial charge is 0.367 e. The summed E-state index contributed by atoms with van der Waals surface area (Å²) in [6.45, 7) is 0. The Bertz CT molecular complexity index is 763. The number of benzene rings is 1. The molecular weight excluding hydrogens is 301 g/mol. The normalized spacial score (nSPS) is 11.8. The van der Waals surface area contributed by atoms with E-state index in [1.165, 1.54) is 29.5 Å². The van der Waals surface area contributed by atoms with Crippen LogP contribution in [0.5, 0.6) is 0 Å². The highest BCUT2D eigenvalue weighted by Gasteiger charge is 2.35. The van der Waals surface area contributed by atoms with Gasteiger partial charge in [0.15, 0.2) is 0 Å². The van der Waals surface area contributed by atoms with Crippen molar-refractivity contribution in [2.75, 3.05) is 5.73 Å². The first kappa shape index (κ1) is 13.7. The number of thiophene rings is 1. The van der Waals surface area contributed by atoms with Crippen molar-refractivity contribution >= 4 is 17.2 Å². The number of anilines is 1. The molecule has 0 amide bonds. The van der Waals surface area contributed by atoms with Crippen LogP contribution < -0.4 is 5.73 Å². The summed E-state index contributed by atoms with van der Waals surface area (Å²) in [4.78, 5) is 0.709. The summed E-state index contributed by atoms with van der Waals surface area (Å²) in [5, 5.41) is 5.53. The molecule has 0 atom stereocenters. The molecule has 0 radical (unpaired) electrons. The molecule has 3 nitrogen and oxygen atoms in total. The Kier molecular flexibility index (Phi) is 3.21. The second-order valence-electron chi connectivity index (χ2n) is 4.29. The van der Waals surface area contributed by atoms with Gasteiger partial charge in [-0.2, -0.15) is 13.2 Å². The van der Waals surface area contributed by atoms with Crippen molar-refractivity contribution < 1.29 is 17.7 Å². The molecule has 0 unspecified atom stereocenters. The SMILES string of the molecule is Nc1onc(-c2ccccc2C(F)(F)F)c1-c1cccs1. The highest BCUT2D eigenvalue weighted by molar-refractivity contribution is 7.13. The number of nitrogens with zero attached hydrogens (tertiary/aromatic N) is 1. The van der Waals surface area contributed by atoms with Crippen LogP contribution in [0.3, 0.4) is 0 Å². The van der Waals surface area contributed by atoms with Gasteiger partial charge in [-0.1, -0.05) is 29.4 Å². The molecule has 3 aromatic rings. The molecule has 0 aliphatic heterocycles. The summed E-state index contributed by atoms with van der Waals surface area (Å²) in [6.07, 6.45) is -4.48. The van der Waals surface area contributed by atoms with Crippen LogP contribution in [0.25, 0.3) is 21.7 Å². The maximum atomic E-state index is 13.1. The van der Waals surface area contributed by atoms with Crippen LogP contribution in [0.15, 0.2) is 46.3 Å². The van der Waals surface area contributed by atoms with Crippen LogP contribution in [0, 0.1) is 0 Å². The van der Waals surface area contributed by atoms with Gasteiger partial charge in [0.2, 0.25) is 5.88 Å². The minimum Gasteiger partial charge on any atom is -0.367 e. The Balaban J connectivity index is 2.24. The number of halogens is 3. The highest BCUT2D eigenvalue weighted by atomic mass is 32.1. The van der Waals surface area contributed by atoms with Gasteiger partial charge in [-0.05, 0) is 17.5 Å². The first-order valence-electron chi connectivity index (χ1n) is 5.94. The number of hydrogen-bond acceptors (Lipinski definition) is 4. The number of nitrogens with two attached hydrogens (primary N) is 1. The summed E-state index contributed by atoms with van der Waals surface area (Å²) in [5.41, 5.74) is 5.40. The van der Waals surface area contributed by atoms with E-state index in [0.717, 1.165) is 6.07 Å². The number of hydrogen-bond donors (Lipinski definition) is 1. The number of aromatic nitrogens is 1. The van der Waals surface area contributed by atoms with Crippen molar-refractivity contribution in [2.45, 2.75) is 6.18 Å². The van der Waals surface area contributed by atoms with E-state index in [-0.39, 0.29) is 17.1 Å². The number of nitrogen functional groups attached to an aromatic ring is 1. The van der Waals surface area contributed by atoms with Gasteiger partial charge in [0, 0.05) is 10.4 Å². The van der Waals surface area contributed by atoms with Gasteiger partial charge in [0.1, 0.15) is 5.69 Å². The summed E-state index contributed by atoms with van der Waals surface area (Å²) < 4.78 is 44.3. The molecule has 0 bridgehead atoms. The fourth-order valence-corrected chi connectivity index (χ4v) is 2.86. The predicted octanol–water partition coefficient (Wildman–Crippen LogP) is 4.67. The lowest BCUT2D eigenvalue weighted by molar-refractivity contribution is -0.137. The van der Waals surface area contributed by atoms with Crippen LogP contribution >= 0.6 is 11.3 Å². The molecule has 0 aliphatic carbocycles. The summed E-state index contributed by atoms with van der Waals surface area (Å²) in [7, 11) is 0. The summed E-state index contributed by atoms with van der Waals surface area (Å²) in [5.74, 6) is 0.00410. The standard InChI is InChI=1S/C14H9F3N2OS/c15-14(16,17)9-5-2-1-4-8(9)12-11(13(18)20-19-12)10-6-3-7-21-10/h1-7H,18H2. The van der Waals surface area contributed by atoms with E-state index in [0.29, 0.717) is 10.4 Å². The second-order valence-corrected chi connectivity index (χ2v) is 5.24. The van der Waals surface area contributed by atoms with Crippen molar-refractivity contribution in [3.8, 4) is 21.7 Å². The lowest BCUT2D eigenvalue weighted by Crippen LogP contribution is -2.07. The van der Waals surface area contributed by atoms with E-state index >= 15 is 0 Å². The zero-order valence-corrected chi connectivity index (χ0v) is 11.3. The van der Waals surface area contributed by atoms with Gasteiger partial charge >= 0.3 is 6.18 Å². The Morgan fingerprint density at radius 2 is 1.86 bits per heavy atom. The largest absolute Gasteiger partial charge is 0.417 e. The van der Waals surface area contributed by atoms with E-state index in [4.69, 9.17) is 10.3 Å². The topological polar surface area (TPSA) is 52.0 Å². The molecular formula is C14H9F3N2OS. The molecule has 0 aliphatic rings. The van der Waals surface area contributed by atoms with E-state index in [2.05, 4.69) is 5.16 Å². The van der Waals surface area contributed by atoms with Crippen molar-refractivity contribution in [1.82, 2.24) is 5.16 Å². The van der Waals surface area contributed by atoms with Crippen molar-refractivity contribution in [3.05, 3.63) is 47.3 Å². The first-order chi connectivity index (χ1) is 9.98. The fraction of sp³-hybridized carbons (Fsp3) is 0.0714. The predicted molar refractivity (Wildman–Crippen MR) is 74.7 cm³/mol. The van der Waals surface area contributed by atoms with E-state index in [1.807, 2.05) is 0 Å². The van der Waals surface area contributed by atoms with Crippen molar-refractivity contribution in [3.63, 3.8) is 0 Å². The monoisotopic (exact) mass is 310 g/mol. The Labute approximate surface area is 121 Å². The zero-order valence-electron chi connectivity index (χ0n) is 10.5. The van der Waals surface area contributed by atoms with Crippen LogP contribution in [-0.2, 0) is 6.18 Å². The summed E-state index contributed by atoms with van der Waals surface area (Å²) >= 11 is 1.36. The molecule has 2 N–H and O–H groups in total. The molecule has 108 valence electrons. The van der Waals surface area contributed by atoms with Crippen molar-refractivity contribution in [2.24, 2.45) is 0 Å². The Morgan fingerprint density at radius 1 is 1.10 bits per heavy atom. The maximum absolute atomic E-state index is 13.1. The van der Waals surface area contributed by atoms with Gasteiger partial charge in [-0.25, -0.2) is 0 Å². The minimum atomic E-state index is -4.48. The molecule has 7 heteroatoms. The second kappa shape index (κ2) is 4.92. The number of rotatable bonds is 2. The molecule has 21 heavy (non-hydrogen) atoms. The highest BCUT2D eigenvalue weighted by Crippen LogP contribution is 2.43. The quantitative estimate of drug-likeness (QED) is 0.748. The fourth-order valence-electron chi connectivity index (χ4n) is 2.08. The van der Waals surface area contributed by atoms with Gasteiger partial charge in [0.05, 0.1) is 11.1 Å². The molecule has 0 spiro atoms. The van der Waals surface area contributed by atoms with Gasteiger partial charge < -0.3 is 10.3 Å². The lowest BCUT2D eigenvalue weighted by Gasteiger charge is -2.11. The van der Waals surface area contributed by atoms with E-state index < -0.39 is 11.7 Å². The summed E-state index contributed by atoms with van der Waals surface area (Å²) in [6, 6.07) is 8.77. The van der Waals surface area contributed by atoms with E-state index in [9.17, 15) is 13.2 Å². The molecule has 2 aromatic heterocycles. The van der Waals surface area contributed by atoms with Crippen LogP contribution in [0.1, 0.15) is 5.56 Å². The molecule has 1 aromatic carbocycles. The molecule has 0 fully saturated rings. The molecule has 0 saturated carbocycles. The van der Waals surface area contributed by atoms with Crippen molar-refractivity contribution in [1.29, 1.82) is 0 Å².